The lowest BCUT2D eigenvalue weighted by atomic mass is 9.76. The predicted octanol–water partition coefficient (Wildman–Crippen LogP) is 1.34. The average Bonchev–Trinajstić information content (AvgIpc) is 2.75. The smallest absolute Gasteiger partial charge is 0.111 e. The van der Waals surface area contributed by atoms with Crippen molar-refractivity contribution in [1.82, 2.24) is 0 Å². The van der Waals surface area contributed by atoms with E-state index in [9.17, 15) is 0 Å². The van der Waals surface area contributed by atoms with Crippen molar-refractivity contribution in [2.75, 3.05) is 13.2 Å². The maximum Gasteiger partial charge on any atom is 0.111 e. The first-order valence-electron chi connectivity index (χ1n) is 4.67. The van der Waals surface area contributed by atoms with Crippen molar-refractivity contribution in [2.24, 2.45) is 5.92 Å². The van der Waals surface area contributed by atoms with Crippen LogP contribution in [0.1, 0.15) is 25.7 Å². The molecule has 3 fully saturated rings. The van der Waals surface area contributed by atoms with E-state index in [4.69, 9.17) is 9.47 Å². The molecule has 1 spiro atoms. The van der Waals surface area contributed by atoms with Gasteiger partial charge in [-0.3, -0.25) is 0 Å². The van der Waals surface area contributed by atoms with Gasteiger partial charge in [-0.2, -0.15) is 0 Å². The number of hydrogen-bond donors (Lipinski definition) is 0. The lowest BCUT2D eigenvalue weighted by molar-refractivity contribution is 0.0308. The van der Waals surface area contributed by atoms with E-state index in [-0.39, 0.29) is 0 Å². The molecule has 1 unspecified atom stereocenters. The number of epoxide rings is 1. The molecule has 62 valence electrons. The molecule has 0 radical (unpaired) electrons. The van der Waals surface area contributed by atoms with Gasteiger partial charge in [0.05, 0.1) is 13.2 Å². The van der Waals surface area contributed by atoms with Gasteiger partial charge in [0.2, 0.25) is 0 Å². The van der Waals surface area contributed by atoms with E-state index < -0.39 is 0 Å². The molecule has 0 bridgehead atoms. The van der Waals surface area contributed by atoms with Gasteiger partial charge in [-0.15, -0.1) is 0 Å². The highest BCUT2D eigenvalue weighted by Gasteiger charge is 2.63. The van der Waals surface area contributed by atoms with Crippen molar-refractivity contribution >= 4 is 0 Å². The second-order valence-corrected chi connectivity index (χ2v) is 4.04. The molecule has 2 saturated heterocycles. The van der Waals surface area contributed by atoms with Gasteiger partial charge in [0.25, 0.3) is 0 Å². The molecule has 0 aromatic carbocycles. The van der Waals surface area contributed by atoms with Crippen LogP contribution < -0.4 is 0 Å². The van der Waals surface area contributed by atoms with Crippen LogP contribution in [0, 0.1) is 5.92 Å². The van der Waals surface area contributed by atoms with Gasteiger partial charge in [0.1, 0.15) is 11.7 Å². The van der Waals surface area contributed by atoms with E-state index in [1.807, 2.05) is 0 Å². The Bertz CT molecular complexity index is 178. The first-order chi connectivity index (χ1) is 5.42. The Morgan fingerprint density at radius 2 is 2.18 bits per heavy atom. The number of ether oxygens (including phenoxy) is 2. The first kappa shape index (κ1) is 6.44. The molecule has 2 heterocycles. The second kappa shape index (κ2) is 1.99. The fourth-order valence-electron chi connectivity index (χ4n) is 2.77. The molecular formula is C9H14O2. The molecule has 2 aliphatic heterocycles. The molecular weight excluding hydrogens is 140 g/mol. The minimum atomic E-state index is 0.316. The zero-order chi connectivity index (χ0) is 7.31. The summed E-state index contributed by atoms with van der Waals surface area (Å²) in [4.78, 5) is 0. The minimum absolute atomic E-state index is 0.316. The van der Waals surface area contributed by atoms with Crippen LogP contribution in [0.3, 0.4) is 0 Å². The summed E-state index contributed by atoms with van der Waals surface area (Å²) in [6, 6.07) is 0. The Morgan fingerprint density at radius 3 is 3.09 bits per heavy atom. The monoisotopic (exact) mass is 154 g/mol. The number of rotatable bonds is 0. The largest absolute Gasteiger partial charge is 0.378 e. The Hall–Kier alpha value is -0.0800. The Morgan fingerprint density at radius 1 is 1.18 bits per heavy atom. The molecule has 11 heavy (non-hydrogen) atoms. The van der Waals surface area contributed by atoms with E-state index >= 15 is 0 Å². The van der Waals surface area contributed by atoms with Gasteiger partial charge in [-0.05, 0) is 12.8 Å². The van der Waals surface area contributed by atoms with E-state index in [0.717, 1.165) is 19.1 Å². The number of hydrogen-bond acceptors (Lipinski definition) is 2. The van der Waals surface area contributed by atoms with Crippen LogP contribution in [0.5, 0.6) is 0 Å². The van der Waals surface area contributed by atoms with E-state index in [1.54, 1.807) is 0 Å². The van der Waals surface area contributed by atoms with Crippen LogP contribution in [0.2, 0.25) is 0 Å². The minimum Gasteiger partial charge on any atom is -0.378 e. The van der Waals surface area contributed by atoms with Crippen molar-refractivity contribution in [2.45, 2.75) is 37.4 Å². The first-order valence-corrected chi connectivity index (χ1v) is 4.67. The zero-order valence-corrected chi connectivity index (χ0v) is 6.71. The predicted molar refractivity (Wildman–Crippen MR) is 40.4 cm³/mol. The molecule has 2 nitrogen and oxygen atoms in total. The maximum atomic E-state index is 5.74. The summed E-state index contributed by atoms with van der Waals surface area (Å²) in [5.41, 5.74) is 0.316. The van der Waals surface area contributed by atoms with Crippen molar-refractivity contribution in [3.05, 3.63) is 0 Å². The standard InChI is InChI=1S/C9H14O2/c1-2-4-9-7(3-1)5-10-6-8(9)11-9/h7-8H,1-6H2/t7-,8?,9-/m1/s1. The second-order valence-electron chi connectivity index (χ2n) is 4.04. The summed E-state index contributed by atoms with van der Waals surface area (Å²) in [6.45, 7) is 1.81. The van der Waals surface area contributed by atoms with Gasteiger partial charge in [0.15, 0.2) is 0 Å². The summed E-state index contributed by atoms with van der Waals surface area (Å²) < 4.78 is 11.2. The molecule has 1 saturated carbocycles. The molecule has 1 aliphatic carbocycles. The van der Waals surface area contributed by atoms with Crippen LogP contribution in [-0.2, 0) is 9.47 Å². The topological polar surface area (TPSA) is 21.8 Å². The van der Waals surface area contributed by atoms with Crippen LogP contribution in [-0.4, -0.2) is 24.9 Å². The summed E-state index contributed by atoms with van der Waals surface area (Å²) in [5, 5.41) is 0. The van der Waals surface area contributed by atoms with Crippen molar-refractivity contribution in [1.29, 1.82) is 0 Å². The average molecular weight is 154 g/mol. The molecule has 0 N–H and O–H groups in total. The third kappa shape index (κ3) is 0.744. The van der Waals surface area contributed by atoms with Gasteiger partial charge in [-0.1, -0.05) is 12.8 Å². The highest BCUT2D eigenvalue weighted by molar-refractivity contribution is 5.10. The molecule has 3 atom stereocenters. The molecule has 0 aromatic heterocycles. The van der Waals surface area contributed by atoms with Crippen LogP contribution in [0.15, 0.2) is 0 Å². The summed E-state index contributed by atoms with van der Waals surface area (Å²) in [7, 11) is 0. The summed E-state index contributed by atoms with van der Waals surface area (Å²) in [6.07, 6.45) is 5.85. The van der Waals surface area contributed by atoms with Crippen molar-refractivity contribution < 1.29 is 9.47 Å². The van der Waals surface area contributed by atoms with Crippen LogP contribution >= 0.6 is 0 Å². The SMILES string of the molecule is C1CC[C@]23OC2COC[C@H]3C1. The molecule has 0 aromatic rings. The van der Waals surface area contributed by atoms with Gasteiger partial charge in [-0.25, -0.2) is 0 Å². The Labute approximate surface area is 66.9 Å². The molecule has 2 heteroatoms. The van der Waals surface area contributed by atoms with Crippen LogP contribution in [0.4, 0.5) is 0 Å². The fraction of sp³-hybridized carbons (Fsp3) is 1.00. The lowest BCUT2D eigenvalue weighted by Crippen LogP contribution is -2.39. The van der Waals surface area contributed by atoms with Gasteiger partial charge in [0, 0.05) is 5.92 Å². The van der Waals surface area contributed by atoms with Gasteiger partial charge < -0.3 is 9.47 Å². The summed E-state index contributed by atoms with van der Waals surface area (Å²) in [5.74, 6) is 0.731. The highest BCUT2D eigenvalue weighted by atomic mass is 16.6. The maximum absolute atomic E-state index is 5.74. The van der Waals surface area contributed by atoms with Crippen molar-refractivity contribution in [3.63, 3.8) is 0 Å². The zero-order valence-electron chi connectivity index (χ0n) is 6.71. The third-order valence-electron chi connectivity index (χ3n) is 3.50. The van der Waals surface area contributed by atoms with Crippen molar-refractivity contribution in [3.8, 4) is 0 Å². The van der Waals surface area contributed by atoms with Gasteiger partial charge >= 0.3 is 0 Å². The van der Waals surface area contributed by atoms with E-state index in [2.05, 4.69) is 0 Å². The quantitative estimate of drug-likeness (QED) is 0.491. The normalized spacial score (nSPS) is 54.5. The Balaban J connectivity index is 1.84. The van der Waals surface area contributed by atoms with E-state index in [1.165, 1.54) is 25.7 Å². The molecule has 3 aliphatic rings. The fourth-order valence-corrected chi connectivity index (χ4v) is 2.77. The van der Waals surface area contributed by atoms with E-state index in [0.29, 0.717) is 11.7 Å². The lowest BCUT2D eigenvalue weighted by Gasteiger charge is -2.32. The summed E-state index contributed by atoms with van der Waals surface area (Å²) >= 11 is 0. The third-order valence-corrected chi connectivity index (χ3v) is 3.50. The highest BCUT2D eigenvalue weighted by Crippen LogP contribution is 2.53. The molecule has 0 amide bonds. The van der Waals surface area contributed by atoms with Crippen LogP contribution in [0.25, 0.3) is 0 Å². The Kier molecular flexibility index (Phi) is 1.16. The molecule has 3 rings (SSSR count).